The van der Waals surface area contributed by atoms with Crippen molar-refractivity contribution in [2.24, 2.45) is 0 Å². The van der Waals surface area contributed by atoms with Gasteiger partial charge in [-0.25, -0.2) is 0 Å². The van der Waals surface area contributed by atoms with E-state index in [4.69, 9.17) is 0 Å². The molecule has 244 valence electrons. The SMILES string of the molecule is CCCCCCCCCCCCCCCCCC.CCCCCCCCCCCCCCCCCC.Cl.Cl.N. The molecule has 0 bridgehead atoms. The standard InChI is InChI=1S/2C18H38.2ClH.H3N/c2*1-3-5-7-9-11-13-15-17-18-16-14-12-10-8-6-4-2;;;/h2*3-18H2,1-2H3;2*1H;1H3. The van der Waals surface area contributed by atoms with Crippen molar-refractivity contribution in [1.29, 1.82) is 0 Å². The zero-order valence-electron chi connectivity index (χ0n) is 28.2. The highest BCUT2D eigenvalue weighted by Gasteiger charge is 1.95. The second-order valence-electron chi connectivity index (χ2n) is 11.9. The lowest BCUT2D eigenvalue weighted by atomic mass is 10.0. The van der Waals surface area contributed by atoms with Crippen molar-refractivity contribution in [3.05, 3.63) is 0 Å². The third-order valence-corrected chi connectivity index (χ3v) is 7.91. The Morgan fingerprint density at radius 3 is 0.333 bits per heavy atom. The molecule has 1 nitrogen and oxygen atoms in total. The first kappa shape index (κ1) is 49.2. The van der Waals surface area contributed by atoms with Crippen LogP contribution in [-0.2, 0) is 0 Å². The Morgan fingerprint density at radius 2 is 0.256 bits per heavy atom. The first-order chi connectivity index (χ1) is 17.8. The van der Waals surface area contributed by atoms with Gasteiger partial charge in [-0.05, 0) is 0 Å². The molecule has 0 radical (unpaired) electrons. The summed E-state index contributed by atoms with van der Waals surface area (Å²) in [7, 11) is 0. The maximum Gasteiger partial charge on any atom is -0.0533 e. The Balaban J connectivity index is -0.000000183. The van der Waals surface area contributed by atoms with E-state index in [0.717, 1.165) is 0 Å². The largest absolute Gasteiger partial charge is 0.344 e. The van der Waals surface area contributed by atoms with Crippen LogP contribution >= 0.6 is 24.8 Å². The van der Waals surface area contributed by atoms with Gasteiger partial charge in [0, 0.05) is 0 Å². The van der Waals surface area contributed by atoms with E-state index >= 15 is 0 Å². The molecule has 0 heterocycles. The molecule has 0 aromatic rings. The molecule has 0 aliphatic rings. The maximum absolute atomic E-state index is 2.29. The summed E-state index contributed by atoms with van der Waals surface area (Å²) in [4.78, 5) is 0. The molecule has 0 spiro atoms. The molecule has 0 aliphatic carbocycles. The highest BCUT2D eigenvalue weighted by molar-refractivity contribution is 5.85. The van der Waals surface area contributed by atoms with E-state index in [-0.39, 0.29) is 31.0 Å². The molecule has 0 saturated carbocycles. The summed E-state index contributed by atoms with van der Waals surface area (Å²) in [6, 6.07) is 0. The summed E-state index contributed by atoms with van der Waals surface area (Å²) in [6.07, 6.45) is 46.8. The molecule has 0 unspecified atom stereocenters. The maximum atomic E-state index is 2.29. The Kier molecular flexibility index (Phi) is 64.7. The van der Waals surface area contributed by atoms with Crippen LogP contribution in [0.5, 0.6) is 0 Å². The van der Waals surface area contributed by atoms with Crippen molar-refractivity contribution in [1.82, 2.24) is 6.15 Å². The molecule has 0 rings (SSSR count). The van der Waals surface area contributed by atoms with Crippen LogP contribution in [0.15, 0.2) is 0 Å². The first-order valence-electron chi connectivity index (χ1n) is 17.8. The van der Waals surface area contributed by atoms with Crippen LogP contribution in [0.4, 0.5) is 0 Å². The highest BCUT2D eigenvalue weighted by atomic mass is 35.5. The fourth-order valence-corrected chi connectivity index (χ4v) is 5.24. The van der Waals surface area contributed by atoms with Crippen molar-refractivity contribution in [3.63, 3.8) is 0 Å². The molecular formula is C36H81Cl2N. The third kappa shape index (κ3) is 55.2. The number of hydrogen-bond donors (Lipinski definition) is 1. The lowest BCUT2D eigenvalue weighted by molar-refractivity contribution is 0.531. The van der Waals surface area contributed by atoms with Crippen molar-refractivity contribution in [2.75, 3.05) is 0 Å². The quantitative estimate of drug-likeness (QED) is 0.0820. The molecule has 3 N–H and O–H groups in total. The summed E-state index contributed by atoms with van der Waals surface area (Å²) < 4.78 is 0. The third-order valence-electron chi connectivity index (χ3n) is 7.91. The summed E-state index contributed by atoms with van der Waals surface area (Å²) in [5, 5.41) is 0. The van der Waals surface area contributed by atoms with E-state index in [1.165, 1.54) is 205 Å². The second kappa shape index (κ2) is 51.3. The fourth-order valence-electron chi connectivity index (χ4n) is 5.24. The van der Waals surface area contributed by atoms with Gasteiger partial charge in [-0.3, -0.25) is 0 Å². The van der Waals surface area contributed by atoms with Gasteiger partial charge < -0.3 is 6.15 Å². The second-order valence-corrected chi connectivity index (χ2v) is 11.9. The number of rotatable bonds is 30. The zero-order chi connectivity index (χ0) is 26.6. The monoisotopic (exact) mass is 598 g/mol. The average molecular weight is 599 g/mol. The average Bonchev–Trinajstić information content (AvgIpc) is 2.89. The van der Waals surface area contributed by atoms with E-state index in [1.807, 2.05) is 0 Å². The molecule has 0 aromatic heterocycles. The number of hydrogen-bond acceptors (Lipinski definition) is 1. The Labute approximate surface area is 263 Å². The van der Waals surface area contributed by atoms with Gasteiger partial charge >= 0.3 is 0 Å². The number of halogens is 2. The van der Waals surface area contributed by atoms with E-state index in [9.17, 15) is 0 Å². The highest BCUT2D eigenvalue weighted by Crippen LogP contribution is 2.15. The normalized spacial score (nSPS) is 10.2. The van der Waals surface area contributed by atoms with Gasteiger partial charge in [0.1, 0.15) is 0 Å². The van der Waals surface area contributed by atoms with Crippen molar-refractivity contribution in [2.45, 2.75) is 233 Å². The van der Waals surface area contributed by atoms with Gasteiger partial charge in [0.15, 0.2) is 0 Å². The van der Waals surface area contributed by atoms with Gasteiger partial charge in [0.05, 0.1) is 0 Å². The topological polar surface area (TPSA) is 35.0 Å². The van der Waals surface area contributed by atoms with Crippen LogP contribution in [-0.4, -0.2) is 0 Å². The van der Waals surface area contributed by atoms with Crippen LogP contribution in [0.2, 0.25) is 0 Å². The molecule has 0 saturated heterocycles. The molecule has 39 heavy (non-hydrogen) atoms. The summed E-state index contributed by atoms with van der Waals surface area (Å²) in [5.41, 5.74) is 0. The van der Waals surface area contributed by atoms with E-state index in [2.05, 4.69) is 27.7 Å². The van der Waals surface area contributed by atoms with Crippen LogP contribution in [0, 0.1) is 0 Å². The fraction of sp³-hybridized carbons (Fsp3) is 1.00. The van der Waals surface area contributed by atoms with Gasteiger partial charge in [-0.2, -0.15) is 0 Å². The molecule has 0 fully saturated rings. The number of unbranched alkanes of at least 4 members (excludes halogenated alkanes) is 30. The summed E-state index contributed by atoms with van der Waals surface area (Å²) in [6.45, 7) is 9.18. The lowest BCUT2D eigenvalue weighted by Crippen LogP contribution is -1.83. The van der Waals surface area contributed by atoms with Crippen LogP contribution in [0.1, 0.15) is 233 Å². The van der Waals surface area contributed by atoms with E-state index in [1.54, 1.807) is 0 Å². The predicted octanol–water partition coefficient (Wildman–Crippen LogP) is 15.5. The lowest BCUT2D eigenvalue weighted by Gasteiger charge is -2.03. The Morgan fingerprint density at radius 1 is 0.179 bits per heavy atom. The molecule has 0 atom stereocenters. The predicted molar refractivity (Wildman–Crippen MR) is 190 cm³/mol. The van der Waals surface area contributed by atoms with Crippen molar-refractivity contribution >= 4 is 24.8 Å². The van der Waals surface area contributed by atoms with Crippen molar-refractivity contribution in [3.8, 4) is 0 Å². The zero-order valence-corrected chi connectivity index (χ0v) is 29.8. The van der Waals surface area contributed by atoms with E-state index < -0.39 is 0 Å². The molecule has 3 heteroatoms. The van der Waals surface area contributed by atoms with Crippen molar-refractivity contribution < 1.29 is 0 Å². The Hall–Kier alpha value is 0.540. The minimum atomic E-state index is 0. The molecule has 0 aliphatic heterocycles. The smallest absolute Gasteiger partial charge is 0.0533 e. The minimum absolute atomic E-state index is 0. The summed E-state index contributed by atoms with van der Waals surface area (Å²) in [5.74, 6) is 0. The van der Waals surface area contributed by atoms with Gasteiger partial charge in [-0.1, -0.05) is 233 Å². The Bertz CT molecular complexity index is 274. The van der Waals surface area contributed by atoms with Crippen LogP contribution < -0.4 is 6.15 Å². The van der Waals surface area contributed by atoms with Gasteiger partial charge in [0.25, 0.3) is 0 Å². The van der Waals surface area contributed by atoms with Crippen LogP contribution in [0.25, 0.3) is 0 Å². The van der Waals surface area contributed by atoms with Crippen LogP contribution in [0.3, 0.4) is 0 Å². The minimum Gasteiger partial charge on any atom is -0.344 e. The molecule has 0 aromatic carbocycles. The van der Waals surface area contributed by atoms with Gasteiger partial charge in [0.2, 0.25) is 0 Å². The van der Waals surface area contributed by atoms with E-state index in [0.29, 0.717) is 0 Å². The first-order valence-corrected chi connectivity index (χ1v) is 17.8. The molecular weight excluding hydrogens is 517 g/mol. The van der Waals surface area contributed by atoms with Gasteiger partial charge in [-0.15, -0.1) is 24.8 Å². The molecule has 0 amide bonds. The summed E-state index contributed by atoms with van der Waals surface area (Å²) >= 11 is 0.